The van der Waals surface area contributed by atoms with Gasteiger partial charge in [0, 0.05) is 12.6 Å². The molecule has 2 aliphatic rings. The average molecular weight is 383 g/mol. The maximum Gasteiger partial charge on any atom is 0.330 e. The van der Waals surface area contributed by atoms with E-state index in [9.17, 15) is 4.79 Å². The number of esters is 1. The zero-order valence-electron chi connectivity index (χ0n) is 18.2. The molecule has 4 nitrogen and oxygen atoms in total. The van der Waals surface area contributed by atoms with Crippen LogP contribution in [0.15, 0.2) is 63.7 Å². The van der Waals surface area contributed by atoms with Gasteiger partial charge in [-0.2, -0.15) is 0 Å². The first-order valence-corrected chi connectivity index (χ1v) is 10.0. The molecule has 0 N–H and O–H groups in total. The molecule has 0 aromatic rings. The van der Waals surface area contributed by atoms with E-state index < -0.39 is 0 Å². The SMILES string of the molecule is COC(=O)/C=C(C)/C=C/C=C(C)/C=C/C1=C(C)[C@H](N2C=NCC2)CCC1(C)C. The van der Waals surface area contributed by atoms with Crippen molar-refractivity contribution in [2.75, 3.05) is 20.2 Å². The van der Waals surface area contributed by atoms with Crippen molar-refractivity contribution in [2.45, 2.75) is 53.5 Å². The molecule has 152 valence electrons. The lowest BCUT2D eigenvalue weighted by Crippen LogP contribution is -2.39. The fraction of sp³-hybridized carbons (Fsp3) is 0.500. The molecule has 0 amide bonds. The second-order valence-electron chi connectivity index (χ2n) is 8.31. The number of nitrogens with zero attached hydrogens (tertiary/aromatic N) is 2. The Labute approximate surface area is 170 Å². The van der Waals surface area contributed by atoms with Crippen molar-refractivity contribution in [3.05, 3.63) is 58.7 Å². The number of hydrogen-bond acceptors (Lipinski definition) is 4. The number of ether oxygens (including phenoxy) is 1. The third kappa shape index (κ3) is 5.82. The quantitative estimate of drug-likeness (QED) is 0.368. The highest BCUT2D eigenvalue weighted by atomic mass is 16.5. The normalized spacial score (nSPS) is 23.4. The van der Waals surface area contributed by atoms with Crippen molar-refractivity contribution < 1.29 is 9.53 Å². The summed E-state index contributed by atoms with van der Waals surface area (Å²) in [6, 6.07) is 0.467. The number of aliphatic imine (C=N–C) groups is 1. The molecule has 1 atom stereocenters. The Bertz CT molecular complexity index is 763. The van der Waals surface area contributed by atoms with E-state index in [0.29, 0.717) is 6.04 Å². The molecule has 0 fully saturated rings. The van der Waals surface area contributed by atoms with Gasteiger partial charge < -0.3 is 9.64 Å². The van der Waals surface area contributed by atoms with Gasteiger partial charge >= 0.3 is 5.97 Å². The standard InChI is InChI=1S/C24H34N2O2/c1-18(8-7-9-19(2)16-23(27)28-6)10-11-21-20(3)22(12-13-24(21,4)5)26-15-14-25-17-26/h7-11,16-17,22H,12-15H2,1-6H3/b9-7+,11-10+,18-8+,19-16+/t22-/m1/s1. The van der Waals surface area contributed by atoms with Crippen LogP contribution in [0, 0.1) is 5.41 Å². The Morgan fingerprint density at radius 1 is 1.29 bits per heavy atom. The molecule has 1 aliphatic heterocycles. The number of hydrogen-bond donors (Lipinski definition) is 0. The lowest BCUT2D eigenvalue weighted by atomic mass is 9.70. The van der Waals surface area contributed by atoms with Crippen molar-refractivity contribution in [1.29, 1.82) is 0 Å². The summed E-state index contributed by atoms with van der Waals surface area (Å²) < 4.78 is 4.64. The van der Waals surface area contributed by atoms with Gasteiger partial charge in [-0.25, -0.2) is 4.79 Å². The molecule has 28 heavy (non-hydrogen) atoms. The summed E-state index contributed by atoms with van der Waals surface area (Å²) in [5, 5.41) is 0. The van der Waals surface area contributed by atoms with E-state index in [2.05, 4.69) is 60.6 Å². The minimum atomic E-state index is -0.331. The Kier molecular flexibility index (Phi) is 7.61. The fourth-order valence-corrected chi connectivity index (χ4v) is 3.88. The van der Waals surface area contributed by atoms with E-state index in [1.807, 2.05) is 25.4 Å². The van der Waals surface area contributed by atoms with Crippen LogP contribution in [-0.4, -0.2) is 43.4 Å². The van der Waals surface area contributed by atoms with Crippen LogP contribution in [0.25, 0.3) is 0 Å². The molecular formula is C24H34N2O2. The molecule has 0 unspecified atom stereocenters. The van der Waals surface area contributed by atoms with Crippen LogP contribution in [0.2, 0.25) is 0 Å². The minimum Gasteiger partial charge on any atom is -0.466 e. The topological polar surface area (TPSA) is 41.9 Å². The van der Waals surface area contributed by atoms with Crippen molar-refractivity contribution in [3.8, 4) is 0 Å². The predicted molar refractivity (Wildman–Crippen MR) is 117 cm³/mol. The van der Waals surface area contributed by atoms with E-state index in [-0.39, 0.29) is 11.4 Å². The van der Waals surface area contributed by atoms with E-state index in [0.717, 1.165) is 18.7 Å². The number of methoxy groups -OCH3 is 1. The van der Waals surface area contributed by atoms with Crippen LogP contribution in [0.1, 0.15) is 47.5 Å². The second-order valence-corrected chi connectivity index (χ2v) is 8.31. The van der Waals surface area contributed by atoms with Gasteiger partial charge in [-0.05, 0) is 55.7 Å². The van der Waals surface area contributed by atoms with Gasteiger partial charge in [0.2, 0.25) is 0 Å². The summed E-state index contributed by atoms with van der Waals surface area (Å²) in [4.78, 5) is 18.0. The highest BCUT2D eigenvalue weighted by Crippen LogP contribution is 2.42. The summed E-state index contributed by atoms with van der Waals surface area (Å²) in [7, 11) is 1.38. The van der Waals surface area contributed by atoms with Gasteiger partial charge in [0.1, 0.15) is 0 Å². The maximum atomic E-state index is 11.2. The largest absolute Gasteiger partial charge is 0.466 e. The van der Waals surface area contributed by atoms with Gasteiger partial charge in [0.25, 0.3) is 0 Å². The Balaban J connectivity index is 2.14. The summed E-state index contributed by atoms with van der Waals surface area (Å²) >= 11 is 0. The number of carbonyl (C=O) groups is 1. The van der Waals surface area contributed by atoms with Crippen LogP contribution in [0.3, 0.4) is 0 Å². The highest BCUT2D eigenvalue weighted by molar-refractivity contribution is 5.83. The molecule has 0 saturated carbocycles. The van der Waals surface area contributed by atoms with Gasteiger partial charge in [-0.3, -0.25) is 4.99 Å². The van der Waals surface area contributed by atoms with Crippen molar-refractivity contribution >= 4 is 12.3 Å². The monoisotopic (exact) mass is 382 g/mol. The highest BCUT2D eigenvalue weighted by Gasteiger charge is 2.34. The molecule has 0 bridgehead atoms. The third-order valence-corrected chi connectivity index (χ3v) is 5.59. The summed E-state index contributed by atoms with van der Waals surface area (Å²) in [5.74, 6) is -0.331. The molecule has 0 radical (unpaired) electrons. The first-order chi connectivity index (χ1) is 13.2. The van der Waals surface area contributed by atoms with Gasteiger partial charge in [-0.1, -0.05) is 49.8 Å². The van der Waals surface area contributed by atoms with Crippen LogP contribution in [-0.2, 0) is 9.53 Å². The summed E-state index contributed by atoms with van der Waals surface area (Å²) in [5.41, 5.74) is 5.11. The molecule has 1 heterocycles. The Hall–Kier alpha value is -2.36. The van der Waals surface area contributed by atoms with Crippen LogP contribution < -0.4 is 0 Å². The molecule has 0 saturated heterocycles. The second kappa shape index (κ2) is 9.72. The molecule has 2 rings (SSSR count). The van der Waals surface area contributed by atoms with E-state index in [1.54, 1.807) is 0 Å². The number of allylic oxidation sites excluding steroid dienone is 8. The van der Waals surface area contributed by atoms with Gasteiger partial charge in [0.05, 0.1) is 26.0 Å². The maximum absolute atomic E-state index is 11.2. The molecule has 0 spiro atoms. The smallest absolute Gasteiger partial charge is 0.330 e. The van der Waals surface area contributed by atoms with E-state index >= 15 is 0 Å². The van der Waals surface area contributed by atoms with Crippen LogP contribution >= 0.6 is 0 Å². The van der Waals surface area contributed by atoms with Crippen molar-refractivity contribution in [2.24, 2.45) is 10.4 Å². The van der Waals surface area contributed by atoms with E-state index in [1.165, 1.54) is 42.7 Å². The summed E-state index contributed by atoms with van der Waals surface area (Å²) in [6.45, 7) is 12.9. The number of carbonyl (C=O) groups excluding carboxylic acids is 1. The minimum absolute atomic E-state index is 0.184. The van der Waals surface area contributed by atoms with Crippen LogP contribution in [0.4, 0.5) is 0 Å². The lowest BCUT2D eigenvalue weighted by molar-refractivity contribution is -0.134. The third-order valence-electron chi connectivity index (χ3n) is 5.59. The zero-order chi connectivity index (χ0) is 20.7. The molecule has 0 aromatic heterocycles. The molecule has 1 aliphatic carbocycles. The first-order valence-electron chi connectivity index (χ1n) is 10.0. The molecule has 0 aromatic carbocycles. The van der Waals surface area contributed by atoms with Gasteiger partial charge in [-0.15, -0.1) is 0 Å². The number of rotatable bonds is 6. The van der Waals surface area contributed by atoms with Crippen molar-refractivity contribution in [1.82, 2.24) is 4.90 Å². The summed E-state index contributed by atoms with van der Waals surface area (Å²) in [6.07, 6.45) is 16.3. The predicted octanol–water partition coefficient (Wildman–Crippen LogP) is 5.01. The van der Waals surface area contributed by atoms with Crippen molar-refractivity contribution in [3.63, 3.8) is 0 Å². The molecular weight excluding hydrogens is 348 g/mol. The Morgan fingerprint density at radius 2 is 2.04 bits per heavy atom. The van der Waals surface area contributed by atoms with Crippen LogP contribution in [0.5, 0.6) is 0 Å². The Morgan fingerprint density at radius 3 is 2.68 bits per heavy atom. The lowest BCUT2D eigenvalue weighted by Gasteiger charge is -2.40. The molecule has 4 heteroatoms. The first kappa shape index (κ1) is 21.9. The zero-order valence-corrected chi connectivity index (χ0v) is 18.2. The van der Waals surface area contributed by atoms with Gasteiger partial charge in [0.15, 0.2) is 0 Å². The van der Waals surface area contributed by atoms with E-state index in [4.69, 9.17) is 0 Å². The average Bonchev–Trinajstić information content (AvgIpc) is 3.15. The fourth-order valence-electron chi connectivity index (χ4n) is 3.88.